The molecule has 0 saturated carbocycles. The molecule has 0 heteroatoms. The summed E-state index contributed by atoms with van der Waals surface area (Å²) in [6, 6.07) is 49.5. The molecule has 0 amide bonds. The standard InChI is InChI=1S/C12H10.C10H8.C6H6.12C2H6/c1-3-7-11(8-4-1)12-9-5-2-6-10-12;1-2-6-10-8-4-3-7-9(10)5-1;1-2-4-6-5-3-1;12*1-2/h1-10H;1-8H;1-6H;12*1-2H3. The lowest BCUT2D eigenvalue weighted by Crippen LogP contribution is -1.73. The Bertz CT molecular complexity index is 906. The zero-order valence-electron chi connectivity index (χ0n) is 39.9. The maximum absolute atomic E-state index is 2.12. The summed E-state index contributed by atoms with van der Waals surface area (Å²) in [7, 11) is 0. The Morgan fingerprint density at radius 2 is 0.269 bits per heavy atom. The number of hydrogen-bond donors (Lipinski definition) is 0. The van der Waals surface area contributed by atoms with Gasteiger partial charge in [-0.25, -0.2) is 0 Å². The molecule has 0 heterocycles. The predicted molar refractivity (Wildman–Crippen MR) is 258 cm³/mol. The van der Waals surface area contributed by atoms with Gasteiger partial charge in [0.2, 0.25) is 0 Å². The van der Waals surface area contributed by atoms with Crippen molar-refractivity contribution in [3.63, 3.8) is 0 Å². The monoisotopic (exact) mass is 721 g/mol. The topological polar surface area (TPSA) is 0 Å². The van der Waals surface area contributed by atoms with Crippen LogP contribution >= 0.6 is 0 Å². The van der Waals surface area contributed by atoms with Gasteiger partial charge in [0.05, 0.1) is 0 Å². The van der Waals surface area contributed by atoms with E-state index in [9.17, 15) is 0 Å². The van der Waals surface area contributed by atoms with Crippen molar-refractivity contribution < 1.29 is 0 Å². The van der Waals surface area contributed by atoms with E-state index in [0.717, 1.165) is 0 Å². The quantitative estimate of drug-likeness (QED) is 0.162. The minimum absolute atomic E-state index is 1.28. The summed E-state index contributed by atoms with van der Waals surface area (Å²) in [4.78, 5) is 0. The van der Waals surface area contributed by atoms with Crippen molar-refractivity contribution in [1.29, 1.82) is 0 Å². The lowest BCUT2D eigenvalue weighted by atomic mass is 10.1. The molecule has 52 heavy (non-hydrogen) atoms. The second-order valence-corrected chi connectivity index (χ2v) is 6.23. The zero-order valence-corrected chi connectivity index (χ0v) is 39.9. The SMILES string of the molecule is CC.CC.CC.CC.CC.CC.CC.CC.CC.CC.CC.CC.c1ccc(-c2ccccc2)cc1.c1ccc2ccccc2c1.c1ccccc1. The number of rotatable bonds is 1. The Kier molecular flexibility index (Phi) is 138. The molecule has 0 nitrogen and oxygen atoms in total. The van der Waals surface area contributed by atoms with Gasteiger partial charge in [-0.1, -0.05) is 312 Å². The minimum Gasteiger partial charge on any atom is -0.0683 e. The van der Waals surface area contributed by atoms with Gasteiger partial charge in [-0.05, 0) is 21.9 Å². The highest BCUT2D eigenvalue weighted by Gasteiger charge is 1.91. The van der Waals surface area contributed by atoms with Crippen molar-refractivity contribution in [2.24, 2.45) is 0 Å². The van der Waals surface area contributed by atoms with Gasteiger partial charge in [-0.3, -0.25) is 0 Å². The van der Waals surface area contributed by atoms with Gasteiger partial charge >= 0.3 is 0 Å². The highest BCUT2D eigenvalue weighted by atomic mass is 14.0. The van der Waals surface area contributed by atoms with Crippen LogP contribution in [0.5, 0.6) is 0 Å². The lowest BCUT2D eigenvalue weighted by molar-refractivity contribution is 1.50. The van der Waals surface area contributed by atoms with E-state index in [-0.39, 0.29) is 0 Å². The third-order valence-electron chi connectivity index (χ3n) is 4.21. The molecule has 0 radical (unpaired) electrons. The van der Waals surface area contributed by atoms with Crippen LogP contribution in [0, 0.1) is 0 Å². The van der Waals surface area contributed by atoms with Crippen molar-refractivity contribution in [3.05, 3.63) is 146 Å². The molecule has 0 spiro atoms. The summed E-state index contributed by atoms with van der Waals surface area (Å²) in [5.41, 5.74) is 2.55. The molecule has 0 bridgehead atoms. The van der Waals surface area contributed by atoms with E-state index in [1.54, 1.807) is 0 Å². The van der Waals surface area contributed by atoms with E-state index < -0.39 is 0 Å². The van der Waals surface area contributed by atoms with Crippen molar-refractivity contribution in [1.82, 2.24) is 0 Å². The summed E-state index contributed by atoms with van der Waals surface area (Å²) in [6.45, 7) is 48.0. The molecule has 0 aliphatic rings. The second kappa shape index (κ2) is 97.2. The fourth-order valence-corrected chi connectivity index (χ4v) is 2.78. The van der Waals surface area contributed by atoms with Crippen molar-refractivity contribution in [3.8, 4) is 11.1 Å². The maximum atomic E-state index is 2.12. The Morgan fingerprint density at radius 3 is 0.423 bits per heavy atom. The predicted octanol–water partition coefficient (Wildman–Crippen LogP) is 20.2. The van der Waals surface area contributed by atoms with Crippen molar-refractivity contribution in [2.45, 2.75) is 166 Å². The molecule has 0 aliphatic carbocycles. The molecule has 0 aliphatic heterocycles. The molecule has 5 aromatic carbocycles. The molecule has 304 valence electrons. The van der Waals surface area contributed by atoms with Crippen LogP contribution < -0.4 is 0 Å². The van der Waals surface area contributed by atoms with Crippen LogP contribution in [-0.2, 0) is 0 Å². The van der Waals surface area contributed by atoms with E-state index >= 15 is 0 Å². The smallest absolute Gasteiger partial charge is 0.0184 e. The van der Waals surface area contributed by atoms with Crippen LogP contribution in [0.25, 0.3) is 21.9 Å². The lowest BCUT2D eigenvalue weighted by Gasteiger charge is -1.98. The molecule has 0 aromatic heterocycles. The van der Waals surface area contributed by atoms with Gasteiger partial charge in [-0.2, -0.15) is 0 Å². The van der Waals surface area contributed by atoms with Crippen molar-refractivity contribution in [2.75, 3.05) is 0 Å². The summed E-state index contributed by atoms with van der Waals surface area (Å²) in [6.07, 6.45) is 0. The van der Waals surface area contributed by atoms with Crippen LogP contribution in [0.4, 0.5) is 0 Å². The number of benzene rings is 5. The third kappa shape index (κ3) is 58.6. The Morgan fingerprint density at radius 1 is 0.154 bits per heavy atom. The molecule has 5 rings (SSSR count). The second-order valence-electron chi connectivity index (χ2n) is 6.23. The maximum Gasteiger partial charge on any atom is -0.0184 e. The van der Waals surface area contributed by atoms with Gasteiger partial charge in [0.1, 0.15) is 0 Å². The molecule has 0 saturated heterocycles. The average molecular weight is 721 g/mol. The van der Waals surface area contributed by atoms with Crippen LogP contribution in [-0.4, -0.2) is 0 Å². The van der Waals surface area contributed by atoms with Gasteiger partial charge < -0.3 is 0 Å². The van der Waals surface area contributed by atoms with Gasteiger partial charge in [0.25, 0.3) is 0 Å². The largest absolute Gasteiger partial charge is 0.0683 e. The molecule has 0 unspecified atom stereocenters. The normalized spacial score (nSPS) is 6.46. The Labute approximate surface area is 332 Å². The third-order valence-corrected chi connectivity index (χ3v) is 4.21. The Hall–Kier alpha value is -3.64. The van der Waals surface area contributed by atoms with Gasteiger partial charge in [0.15, 0.2) is 0 Å². The fourth-order valence-electron chi connectivity index (χ4n) is 2.78. The summed E-state index contributed by atoms with van der Waals surface area (Å²) < 4.78 is 0. The first-order valence-electron chi connectivity index (χ1n) is 21.5. The summed E-state index contributed by atoms with van der Waals surface area (Å²) >= 11 is 0. The average Bonchev–Trinajstić information content (AvgIpc) is 3.33. The van der Waals surface area contributed by atoms with E-state index in [1.807, 2.05) is 215 Å². The molecular weight excluding hydrogens is 625 g/mol. The molecule has 0 fully saturated rings. The van der Waals surface area contributed by atoms with Crippen LogP contribution in [0.3, 0.4) is 0 Å². The fraction of sp³-hybridized carbons (Fsp3) is 0.462. The zero-order chi connectivity index (χ0) is 43.3. The summed E-state index contributed by atoms with van der Waals surface area (Å²) in [5.74, 6) is 0. The molecular formula is C52H96. The van der Waals surface area contributed by atoms with Crippen LogP contribution in [0.1, 0.15) is 166 Å². The van der Waals surface area contributed by atoms with Crippen LogP contribution in [0.2, 0.25) is 0 Å². The number of hydrogen-bond acceptors (Lipinski definition) is 0. The highest BCUT2D eigenvalue weighted by molar-refractivity contribution is 5.82. The highest BCUT2D eigenvalue weighted by Crippen LogP contribution is 2.17. The molecule has 0 N–H and O–H groups in total. The minimum atomic E-state index is 1.28. The first kappa shape index (κ1) is 73.7. The van der Waals surface area contributed by atoms with Crippen molar-refractivity contribution >= 4 is 10.8 Å². The first-order chi connectivity index (χ1) is 25.9. The first-order valence-corrected chi connectivity index (χ1v) is 21.5. The van der Waals surface area contributed by atoms with E-state index in [0.29, 0.717) is 0 Å². The van der Waals surface area contributed by atoms with Gasteiger partial charge in [-0.15, -0.1) is 0 Å². The number of fused-ring (bicyclic) bond motifs is 1. The van der Waals surface area contributed by atoms with E-state index in [1.165, 1.54) is 21.9 Å². The molecule has 5 aromatic rings. The van der Waals surface area contributed by atoms with Crippen LogP contribution in [0.15, 0.2) is 146 Å². The van der Waals surface area contributed by atoms with Gasteiger partial charge in [0, 0.05) is 0 Å². The van der Waals surface area contributed by atoms with E-state index in [4.69, 9.17) is 0 Å². The Balaban J connectivity index is -0.0000000503. The molecule has 0 atom stereocenters. The van der Waals surface area contributed by atoms with E-state index in [2.05, 4.69) is 97.1 Å². The summed E-state index contributed by atoms with van der Waals surface area (Å²) in [5, 5.41) is 2.62.